The molecule has 2 N–H and O–H groups in total. The van der Waals surface area contributed by atoms with Gasteiger partial charge in [0.15, 0.2) is 0 Å². The summed E-state index contributed by atoms with van der Waals surface area (Å²) in [6.45, 7) is 5.11. The first-order chi connectivity index (χ1) is 5.86. The molecule has 1 aliphatic heterocycles. The van der Waals surface area contributed by atoms with Crippen molar-refractivity contribution in [2.45, 2.75) is 0 Å². The lowest BCUT2D eigenvalue weighted by atomic mass is 10.3. The fraction of sp³-hybridized carbons (Fsp3) is 1.00. The molecular formula is C9H18N2O. The molecule has 1 aliphatic carbocycles. The van der Waals surface area contributed by atoms with Crippen LogP contribution >= 0.6 is 0 Å². The van der Waals surface area contributed by atoms with Gasteiger partial charge in [-0.1, -0.05) is 0 Å². The Balaban J connectivity index is 1.68. The SMILES string of the molecule is CNCCN1CC2C(CO)C2C1. The van der Waals surface area contributed by atoms with Crippen LogP contribution < -0.4 is 5.32 Å². The molecule has 2 unspecified atom stereocenters. The zero-order chi connectivity index (χ0) is 8.55. The van der Waals surface area contributed by atoms with Crippen LogP contribution in [0.2, 0.25) is 0 Å². The highest BCUT2D eigenvalue weighted by molar-refractivity contribution is 5.04. The van der Waals surface area contributed by atoms with Gasteiger partial charge in [0.25, 0.3) is 0 Å². The van der Waals surface area contributed by atoms with E-state index in [9.17, 15) is 0 Å². The smallest absolute Gasteiger partial charge is 0.0465 e. The van der Waals surface area contributed by atoms with E-state index in [1.807, 2.05) is 7.05 Å². The third-order valence-electron chi connectivity index (χ3n) is 3.34. The number of rotatable bonds is 4. The molecule has 12 heavy (non-hydrogen) atoms. The zero-order valence-corrected chi connectivity index (χ0v) is 7.66. The molecule has 3 heteroatoms. The molecule has 0 bridgehead atoms. The Hall–Kier alpha value is -0.120. The van der Waals surface area contributed by atoms with Crippen molar-refractivity contribution in [2.24, 2.45) is 17.8 Å². The second kappa shape index (κ2) is 3.32. The lowest BCUT2D eigenvalue weighted by Crippen LogP contribution is -2.31. The summed E-state index contributed by atoms with van der Waals surface area (Å²) in [6.07, 6.45) is 0. The maximum atomic E-state index is 8.94. The van der Waals surface area contributed by atoms with Gasteiger partial charge >= 0.3 is 0 Å². The topological polar surface area (TPSA) is 35.5 Å². The molecule has 70 valence electrons. The van der Waals surface area contributed by atoms with Crippen LogP contribution in [0.5, 0.6) is 0 Å². The molecule has 2 aliphatic rings. The van der Waals surface area contributed by atoms with Crippen LogP contribution in [-0.2, 0) is 0 Å². The first kappa shape index (κ1) is 8.48. The predicted molar refractivity (Wildman–Crippen MR) is 47.9 cm³/mol. The summed E-state index contributed by atoms with van der Waals surface area (Å²) in [7, 11) is 1.99. The summed E-state index contributed by atoms with van der Waals surface area (Å²) in [4.78, 5) is 2.50. The van der Waals surface area contributed by atoms with Gasteiger partial charge in [0.05, 0.1) is 0 Å². The molecule has 0 amide bonds. The van der Waals surface area contributed by atoms with Crippen LogP contribution in [0.4, 0.5) is 0 Å². The van der Waals surface area contributed by atoms with Crippen molar-refractivity contribution in [2.75, 3.05) is 39.8 Å². The summed E-state index contributed by atoms with van der Waals surface area (Å²) in [5, 5.41) is 12.1. The second-order valence-corrected chi connectivity index (χ2v) is 4.04. The highest BCUT2D eigenvalue weighted by Crippen LogP contribution is 2.50. The minimum atomic E-state index is 0.412. The molecule has 0 aromatic heterocycles. The quantitative estimate of drug-likeness (QED) is 0.590. The fourth-order valence-corrected chi connectivity index (χ4v) is 2.46. The number of hydrogen-bond donors (Lipinski definition) is 2. The Morgan fingerprint density at radius 1 is 1.42 bits per heavy atom. The van der Waals surface area contributed by atoms with Gasteiger partial charge in [-0.3, -0.25) is 0 Å². The van der Waals surface area contributed by atoms with Gasteiger partial charge in [-0.05, 0) is 24.8 Å². The van der Waals surface area contributed by atoms with Crippen molar-refractivity contribution in [1.29, 1.82) is 0 Å². The van der Waals surface area contributed by atoms with Gasteiger partial charge < -0.3 is 15.3 Å². The van der Waals surface area contributed by atoms with Gasteiger partial charge in [-0.15, -0.1) is 0 Å². The van der Waals surface area contributed by atoms with E-state index in [1.165, 1.54) is 19.6 Å². The van der Waals surface area contributed by atoms with Crippen LogP contribution in [-0.4, -0.2) is 49.8 Å². The molecule has 0 radical (unpaired) electrons. The number of nitrogens with one attached hydrogen (secondary N) is 1. The monoisotopic (exact) mass is 170 g/mol. The zero-order valence-electron chi connectivity index (χ0n) is 7.66. The number of likely N-dealkylation sites (N-methyl/N-ethyl adjacent to an activating group) is 1. The van der Waals surface area contributed by atoms with Crippen LogP contribution in [0.25, 0.3) is 0 Å². The standard InChI is InChI=1S/C9H18N2O/c1-10-2-3-11-4-7-8(5-11)9(7)6-12/h7-10,12H,2-6H2,1H3. The average molecular weight is 170 g/mol. The van der Waals surface area contributed by atoms with Crippen LogP contribution in [0.3, 0.4) is 0 Å². The second-order valence-electron chi connectivity index (χ2n) is 4.04. The molecule has 2 fully saturated rings. The molecule has 1 saturated carbocycles. The molecular weight excluding hydrogens is 152 g/mol. The highest BCUT2D eigenvalue weighted by Gasteiger charge is 2.54. The largest absolute Gasteiger partial charge is 0.396 e. The van der Waals surface area contributed by atoms with Gasteiger partial charge in [0, 0.05) is 32.8 Å². The summed E-state index contributed by atoms with van der Waals surface area (Å²) in [6, 6.07) is 0. The molecule has 0 aromatic carbocycles. The number of aliphatic hydroxyl groups excluding tert-OH is 1. The Morgan fingerprint density at radius 3 is 2.58 bits per heavy atom. The van der Waals surface area contributed by atoms with E-state index in [0.717, 1.165) is 18.4 Å². The van der Waals surface area contributed by atoms with Crippen LogP contribution in [0.1, 0.15) is 0 Å². The molecule has 0 aromatic rings. The van der Waals surface area contributed by atoms with Gasteiger partial charge in [-0.2, -0.15) is 0 Å². The van der Waals surface area contributed by atoms with Gasteiger partial charge in [0.1, 0.15) is 0 Å². The third-order valence-corrected chi connectivity index (χ3v) is 3.34. The molecule has 3 nitrogen and oxygen atoms in total. The van der Waals surface area contributed by atoms with Crippen molar-refractivity contribution in [1.82, 2.24) is 10.2 Å². The maximum Gasteiger partial charge on any atom is 0.0465 e. The normalized spacial score (nSPS) is 40.0. The average Bonchev–Trinajstić information content (AvgIpc) is 2.56. The van der Waals surface area contributed by atoms with E-state index in [0.29, 0.717) is 12.5 Å². The molecule has 1 saturated heterocycles. The Morgan fingerprint density at radius 2 is 2.08 bits per heavy atom. The molecule has 1 heterocycles. The van der Waals surface area contributed by atoms with Crippen molar-refractivity contribution in [3.63, 3.8) is 0 Å². The minimum absolute atomic E-state index is 0.412. The highest BCUT2D eigenvalue weighted by atomic mass is 16.3. The lowest BCUT2D eigenvalue weighted by molar-refractivity contribution is 0.221. The number of fused-ring (bicyclic) bond motifs is 1. The molecule has 0 spiro atoms. The summed E-state index contributed by atoms with van der Waals surface area (Å²) in [5.74, 6) is 2.30. The minimum Gasteiger partial charge on any atom is -0.396 e. The van der Waals surface area contributed by atoms with E-state index in [1.54, 1.807) is 0 Å². The number of nitrogens with zero attached hydrogens (tertiary/aromatic N) is 1. The maximum absolute atomic E-state index is 8.94. The Kier molecular flexibility index (Phi) is 2.35. The van der Waals surface area contributed by atoms with Gasteiger partial charge in [0.2, 0.25) is 0 Å². The van der Waals surface area contributed by atoms with E-state index in [4.69, 9.17) is 5.11 Å². The van der Waals surface area contributed by atoms with E-state index in [2.05, 4.69) is 10.2 Å². The third kappa shape index (κ3) is 1.37. The molecule has 2 rings (SSSR count). The summed E-state index contributed by atoms with van der Waals surface area (Å²) < 4.78 is 0. The number of piperidine rings is 1. The predicted octanol–water partition coefficient (Wildman–Crippen LogP) is -0.624. The Labute approximate surface area is 73.8 Å². The van der Waals surface area contributed by atoms with E-state index >= 15 is 0 Å². The fourth-order valence-electron chi connectivity index (χ4n) is 2.46. The Bertz CT molecular complexity index is 151. The van der Waals surface area contributed by atoms with Gasteiger partial charge in [-0.25, -0.2) is 0 Å². The van der Waals surface area contributed by atoms with Crippen LogP contribution in [0, 0.1) is 17.8 Å². The van der Waals surface area contributed by atoms with Crippen molar-refractivity contribution < 1.29 is 5.11 Å². The number of aliphatic hydroxyl groups is 1. The van der Waals surface area contributed by atoms with Crippen molar-refractivity contribution in [3.8, 4) is 0 Å². The lowest BCUT2D eigenvalue weighted by Gasteiger charge is -2.18. The van der Waals surface area contributed by atoms with E-state index in [-0.39, 0.29) is 0 Å². The van der Waals surface area contributed by atoms with Crippen molar-refractivity contribution in [3.05, 3.63) is 0 Å². The first-order valence-electron chi connectivity index (χ1n) is 4.84. The van der Waals surface area contributed by atoms with Crippen molar-refractivity contribution >= 4 is 0 Å². The van der Waals surface area contributed by atoms with E-state index < -0.39 is 0 Å². The number of likely N-dealkylation sites (tertiary alicyclic amines) is 1. The number of hydrogen-bond acceptors (Lipinski definition) is 3. The summed E-state index contributed by atoms with van der Waals surface area (Å²) in [5.41, 5.74) is 0. The molecule has 2 atom stereocenters. The first-order valence-corrected chi connectivity index (χ1v) is 4.84. The van der Waals surface area contributed by atoms with Crippen LogP contribution in [0.15, 0.2) is 0 Å². The summed E-state index contributed by atoms with van der Waals surface area (Å²) >= 11 is 0.